The highest BCUT2D eigenvalue weighted by Crippen LogP contribution is 2.30. The standard InChI is InChI=1S/C14H17N3O2S/c1-9-17-12(7-20-9)10-5-11(15-6-10)13(18)16-8-14(19)3-2-4-14/h5-7,15,19H,2-4,8H2,1H3,(H,16,18). The summed E-state index contributed by atoms with van der Waals surface area (Å²) in [5, 5.41) is 15.7. The number of hydrogen-bond donors (Lipinski definition) is 3. The van der Waals surface area contributed by atoms with Crippen LogP contribution in [0.2, 0.25) is 0 Å². The van der Waals surface area contributed by atoms with Crippen LogP contribution < -0.4 is 5.32 Å². The van der Waals surface area contributed by atoms with Gasteiger partial charge in [-0.3, -0.25) is 4.79 Å². The minimum Gasteiger partial charge on any atom is -0.388 e. The molecular weight excluding hydrogens is 274 g/mol. The number of amides is 1. The van der Waals surface area contributed by atoms with Crippen molar-refractivity contribution < 1.29 is 9.90 Å². The van der Waals surface area contributed by atoms with E-state index in [0.29, 0.717) is 12.2 Å². The Labute approximate surface area is 121 Å². The van der Waals surface area contributed by atoms with Crippen LogP contribution in [0.5, 0.6) is 0 Å². The Morgan fingerprint density at radius 2 is 2.40 bits per heavy atom. The minimum absolute atomic E-state index is 0.191. The van der Waals surface area contributed by atoms with E-state index < -0.39 is 5.60 Å². The molecule has 6 heteroatoms. The van der Waals surface area contributed by atoms with Gasteiger partial charge in [0.15, 0.2) is 0 Å². The van der Waals surface area contributed by atoms with Gasteiger partial charge in [0.2, 0.25) is 0 Å². The summed E-state index contributed by atoms with van der Waals surface area (Å²) in [6.45, 7) is 2.27. The summed E-state index contributed by atoms with van der Waals surface area (Å²) in [5.41, 5.74) is 1.58. The summed E-state index contributed by atoms with van der Waals surface area (Å²) in [7, 11) is 0. The van der Waals surface area contributed by atoms with Crippen molar-refractivity contribution in [2.24, 2.45) is 0 Å². The van der Waals surface area contributed by atoms with Crippen molar-refractivity contribution in [2.75, 3.05) is 6.54 Å². The lowest BCUT2D eigenvalue weighted by molar-refractivity contribution is -0.0300. The maximum absolute atomic E-state index is 12.0. The van der Waals surface area contributed by atoms with Crippen LogP contribution in [0.15, 0.2) is 17.6 Å². The van der Waals surface area contributed by atoms with Gasteiger partial charge in [0.05, 0.1) is 16.3 Å². The Balaban J connectivity index is 1.65. The van der Waals surface area contributed by atoms with E-state index >= 15 is 0 Å². The fourth-order valence-corrected chi connectivity index (χ4v) is 2.89. The number of nitrogens with zero attached hydrogens (tertiary/aromatic N) is 1. The van der Waals surface area contributed by atoms with Crippen molar-refractivity contribution in [3.8, 4) is 11.3 Å². The monoisotopic (exact) mass is 291 g/mol. The molecule has 1 amide bonds. The molecular formula is C14H17N3O2S. The highest BCUT2D eigenvalue weighted by molar-refractivity contribution is 7.09. The van der Waals surface area contributed by atoms with Gasteiger partial charge in [-0.2, -0.15) is 0 Å². The van der Waals surface area contributed by atoms with Crippen LogP contribution in [0.4, 0.5) is 0 Å². The lowest BCUT2D eigenvalue weighted by Gasteiger charge is -2.36. The molecule has 2 heterocycles. The summed E-state index contributed by atoms with van der Waals surface area (Å²) >= 11 is 1.58. The summed E-state index contributed by atoms with van der Waals surface area (Å²) in [4.78, 5) is 19.4. The number of aliphatic hydroxyl groups is 1. The molecule has 0 saturated heterocycles. The van der Waals surface area contributed by atoms with E-state index in [2.05, 4.69) is 15.3 Å². The van der Waals surface area contributed by atoms with Crippen molar-refractivity contribution in [3.05, 3.63) is 28.3 Å². The Kier molecular flexibility index (Phi) is 3.35. The van der Waals surface area contributed by atoms with Gasteiger partial charge in [-0.15, -0.1) is 11.3 Å². The van der Waals surface area contributed by atoms with E-state index in [1.807, 2.05) is 12.3 Å². The molecule has 0 radical (unpaired) electrons. The van der Waals surface area contributed by atoms with Gasteiger partial charge >= 0.3 is 0 Å². The second-order valence-electron chi connectivity index (χ2n) is 5.31. The number of H-pyrrole nitrogens is 1. The maximum atomic E-state index is 12.0. The predicted octanol–water partition coefficient (Wildman–Crippen LogP) is 2.09. The quantitative estimate of drug-likeness (QED) is 0.807. The van der Waals surface area contributed by atoms with Crippen molar-refractivity contribution in [1.29, 1.82) is 0 Å². The van der Waals surface area contributed by atoms with Crippen LogP contribution in [0, 0.1) is 6.92 Å². The van der Waals surface area contributed by atoms with E-state index in [4.69, 9.17) is 0 Å². The summed E-state index contributed by atoms with van der Waals surface area (Å²) in [6.07, 6.45) is 4.34. The molecule has 106 valence electrons. The highest BCUT2D eigenvalue weighted by atomic mass is 32.1. The van der Waals surface area contributed by atoms with Crippen molar-refractivity contribution in [1.82, 2.24) is 15.3 Å². The smallest absolute Gasteiger partial charge is 0.267 e. The second-order valence-corrected chi connectivity index (χ2v) is 6.38. The molecule has 1 aliphatic rings. The zero-order chi connectivity index (χ0) is 14.2. The highest BCUT2D eigenvalue weighted by Gasteiger charge is 2.34. The molecule has 2 aromatic heterocycles. The molecule has 1 aliphatic carbocycles. The Morgan fingerprint density at radius 3 is 3.00 bits per heavy atom. The molecule has 20 heavy (non-hydrogen) atoms. The second kappa shape index (κ2) is 5.03. The van der Waals surface area contributed by atoms with Gasteiger partial charge in [0, 0.05) is 23.7 Å². The SMILES string of the molecule is Cc1nc(-c2c[nH]c(C(=O)NCC3(O)CCC3)c2)cs1. The molecule has 1 fully saturated rings. The van der Waals surface area contributed by atoms with Crippen molar-refractivity contribution in [3.63, 3.8) is 0 Å². The van der Waals surface area contributed by atoms with Gasteiger partial charge in [-0.1, -0.05) is 0 Å². The number of carbonyl (C=O) groups is 1. The third kappa shape index (κ3) is 2.62. The topological polar surface area (TPSA) is 78.0 Å². The van der Waals surface area contributed by atoms with Gasteiger partial charge < -0.3 is 15.4 Å². The fourth-order valence-electron chi connectivity index (χ4n) is 2.27. The molecule has 5 nitrogen and oxygen atoms in total. The van der Waals surface area contributed by atoms with Crippen LogP contribution in [0.25, 0.3) is 11.3 Å². The number of hydrogen-bond acceptors (Lipinski definition) is 4. The largest absolute Gasteiger partial charge is 0.388 e. The lowest BCUT2D eigenvalue weighted by atomic mass is 9.80. The summed E-state index contributed by atoms with van der Waals surface area (Å²) in [5.74, 6) is -0.191. The third-order valence-corrected chi connectivity index (χ3v) is 4.48. The van der Waals surface area contributed by atoms with Gasteiger partial charge in [0.1, 0.15) is 5.69 Å². The number of nitrogens with one attached hydrogen (secondary N) is 2. The van der Waals surface area contributed by atoms with Gasteiger partial charge in [-0.25, -0.2) is 4.98 Å². The first-order valence-corrected chi connectivity index (χ1v) is 7.55. The van der Waals surface area contributed by atoms with Crippen LogP contribution >= 0.6 is 11.3 Å². The molecule has 0 bridgehead atoms. The Morgan fingerprint density at radius 1 is 1.60 bits per heavy atom. The van der Waals surface area contributed by atoms with Crippen LogP contribution in [0.1, 0.15) is 34.8 Å². The molecule has 1 saturated carbocycles. The molecule has 3 N–H and O–H groups in total. The number of thiazole rings is 1. The van der Waals surface area contributed by atoms with E-state index in [1.54, 1.807) is 23.6 Å². The number of carbonyl (C=O) groups excluding carboxylic acids is 1. The first kappa shape index (κ1) is 13.3. The number of rotatable bonds is 4. The van der Waals surface area contributed by atoms with Crippen LogP contribution in [-0.4, -0.2) is 33.1 Å². The molecule has 0 aromatic carbocycles. The molecule has 0 atom stereocenters. The van der Waals surface area contributed by atoms with E-state index in [1.165, 1.54) is 0 Å². The summed E-state index contributed by atoms with van der Waals surface area (Å²) in [6, 6.07) is 1.79. The average Bonchev–Trinajstić information content (AvgIpc) is 3.02. The molecule has 3 rings (SSSR count). The predicted molar refractivity (Wildman–Crippen MR) is 77.8 cm³/mol. The Bertz CT molecular complexity index is 628. The lowest BCUT2D eigenvalue weighted by Crippen LogP contribution is -2.47. The van der Waals surface area contributed by atoms with Crippen molar-refractivity contribution in [2.45, 2.75) is 31.8 Å². The molecule has 0 aliphatic heterocycles. The van der Waals surface area contributed by atoms with E-state index in [-0.39, 0.29) is 5.91 Å². The first-order chi connectivity index (χ1) is 9.56. The summed E-state index contributed by atoms with van der Waals surface area (Å²) < 4.78 is 0. The number of aromatic amines is 1. The van der Waals surface area contributed by atoms with Gasteiger partial charge in [-0.05, 0) is 32.3 Å². The van der Waals surface area contributed by atoms with Crippen molar-refractivity contribution >= 4 is 17.2 Å². The zero-order valence-electron chi connectivity index (χ0n) is 11.3. The minimum atomic E-state index is -0.697. The zero-order valence-corrected chi connectivity index (χ0v) is 12.1. The number of aryl methyl sites for hydroxylation is 1. The molecule has 0 spiro atoms. The normalized spacial score (nSPS) is 16.7. The average molecular weight is 291 g/mol. The molecule has 0 unspecified atom stereocenters. The van der Waals surface area contributed by atoms with E-state index in [0.717, 1.165) is 35.5 Å². The van der Waals surface area contributed by atoms with Crippen LogP contribution in [-0.2, 0) is 0 Å². The van der Waals surface area contributed by atoms with Crippen LogP contribution in [0.3, 0.4) is 0 Å². The molecule has 2 aromatic rings. The Hall–Kier alpha value is -1.66. The third-order valence-electron chi connectivity index (χ3n) is 3.70. The first-order valence-electron chi connectivity index (χ1n) is 6.67. The fraction of sp³-hybridized carbons (Fsp3) is 0.429. The maximum Gasteiger partial charge on any atom is 0.267 e. The van der Waals surface area contributed by atoms with Gasteiger partial charge in [0.25, 0.3) is 5.91 Å². The van der Waals surface area contributed by atoms with E-state index in [9.17, 15) is 9.90 Å². The number of aromatic nitrogens is 2.